The number of carbonyl (C=O) groups excluding carboxylic acids is 3. The molecule has 1 saturated carbocycles. The highest BCUT2D eigenvalue weighted by Gasteiger charge is 2.65. The summed E-state index contributed by atoms with van der Waals surface area (Å²) in [5, 5.41) is 0. The van der Waals surface area contributed by atoms with Crippen LogP contribution in [0.5, 0.6) is 5.75 Å². The second-order valence-electron chi connectivity index (χ2n) is 8.01. The lowest BCUT2D eigenvalue weighted by Gasteiger charge is -2.31. The number of thioether (sulfide) groups is 1. The van der Waals surface area contributed by atoms with Gasteiger partial charge in [-0.25, -0.2) is 8.42 Å². The Morgan fingerprint density at radius 3 is 2.45 bits per heavy atom. The van der Waals surface area contributed by atoms with E-state index in [2.05, 4.69) is 0 Å². The molecule has 3 unspecified atom stereocenters. The van der Waals surface area contributed by atoms with E-state index < -0.39 is 32.8 Å². The van der Waals surface area contributed by atoms with Gasteiger partial charge in [-0.3, -0.25) is 14.4 Å². The molecule has 1 aromatic carbocycles. The van der Waals surface area contributed by atoms with E-state index in [1.807, 2.05) is 0 Å². The molecular weight excluding hydrogens is 440 g/mol. The smallest absolute Gasteiger partial charge is 0.320 e. The van der Waals surface area contributed by atoms with Gasteiger partial charge in [0.15, 0.2) is 21.4 Å². The van der Waals surface area contributed by atoms with Gasteiger partial charge in [0.05, 0.1) is 19.3 Å². The van der Waals surface area contributed by atoms with Gasteiger partial charge >= 0.3 is 5.97 Å². The molecule has 168 valence electrons. The first-order chi connectivity index (χ1) is 14.4. The molecule has 1 aromatic rings. The summed E-state index contributed by atoms with van der Waals surface area (Å²) < 4.78 is 34.6. The van der Waals surface area contributed by atoms with Crippen molar-refractivity contribution in [2.45, 2.75) is 32.1 Å². The van der Waals surface area contributed by atoms with Crippen molar-refractivity contribution in [1.82, 2.24) is 0 Å². The summed E-state index contributed by atoms with van der Waals surface area (Å²) in [6.07, 6.45) is 3.50. The number of ether oxygens (including phenoxy) is 2. The molecule has 0 bridgehead atoms. The van der Waals surface area contributed by atoms with E-state index in [1.54, 1.807) is 27.0 Å². The zero-order valence-corrected chi connectivity index (χ0v) is 20.0. The number of methoxy groups -OCH3 is 1. The lowest BCUT2D eigenvalue weighted by molar-refractivity contribution is -0.159. The average molecular weight is 467 g/mol. The Kier molecular flexibility index (Phi) is 6.14. The van der Waals surface area contributed by atoms with Gasteiger partial charge in [0.2, 0.25) is 0 Å². The molecule has 3 atom stereocenters. The van der Waals surface area contributed by atoms with Gasteiger partial charge in [-0.05, 0) is 57.4 Å². The molecule has 9 heteroatoms. The molecule has 0 aliphatic heterocycles. The van der Waals surface area contributed by atoms with Crippen LogP contribution >= 0.6 is 11.8 Å². The van der Waals surface area contributed by atoms with Gasteiger partial charge in [-0.1, -0.05) is 0 Å². The Morgan fingerprint density at radius 2 is 1.94 bits per heavy atom. The largest absolute Gasteiger partial charge is 0.495 e. The number of hydrogen-bond acceptors (Lipinski definition) is 8. The summed E-state index contributed by atoms with van der Waals surface area (Å²) >= 11 is 1.34. The van der Waals surface area contributed by atoms with Crippen molar-refractivity contribution < 1.29 is 32.3 Å². The molecule has 2 aliphatic rings. The second-order valence-corrected chi connectivity index (χ2v) is 10.8. The summed E-state index contributed by atoms with van der Waals surface area (Å²) in [6.45, 7) is 4.96. The molecule has 31 heavy (non-hydrogen) atoms. The van der Waals surface area contributed by atoms with Gasteiger partial charge in [0.1, 0.15) is 16.1 Å². The van der Waals surface area contributed by atoms with E-state index in [1.165, 1.54) is 31.0 Å². The quantitative estimate of drug-likeness (QED) is 0.261. The topological polar surface area (TPSA) is 104 Å². The zero-order valence-electron chi connectivity index (χ0n) is 18.4. The van der Waals surface area contributed by atoms with Gasteiger partial charge in [-0.15, -0.1) is 11.8 Å². The normalized spacial score (nSPS) is 25.2. The molecule has 0 spiro atoms. The first-order valence-corrected chi connectivity index (χ1v) is 13.0. The predicted molar refractivity (Wildman–Crippen MR) is 117 cm³/mol. The highest BCUT2D eigenvalue weighted by molar-refractivity contribution is 8.02. The van der Waals surface area contributed by atoms with Crippen LogP contribution in [0.15, 0.2) is 27.5 Å². The van der Waals surface area contributed by atoms with Gasteiger partial charge in [-0.2, -0.15) is 0 Å². The Bertz CT molecular complexity index is 1120. The van der Waals surface area contributed by atoms with Crippen LogP contribution in [0.25, 0.3) is 0 Å². The van der Waals surface area contributed by atoms with Crippen molar-refractivity contribution in [3.8, 4) is 5.75 Å². The fraction of sp³-hybridized carbons (Fsp3) is 0.500. The van der Waals surface area contributed by atoms with Crippen molar-refractivity contribution in [3.05, 3.63) is 33.7 Å². The monoisotopic (exact) mass is 466 g/mol. The maximum absolute atomic E-state index is 13.6. The van der Waals surface area contributed by atoms with Crippen LogP contribution in [-0.4, -0.2) is 52.2 Å². The highest BCUT2D eigenvalue weighted by atomic mass is 32.2. The molecular formula is C22H26O7S2. The van der Waals surface area contributed by atoms with Crippen molar-refractivity contribution >= 4 is 39.1 Å². The van der Waals surface area contributed by atoms with Crippen LogP contribution < -0.4 is 4.74 Å². The van der Waals surface area contributed by atoms with Crippen LogP contribution in [0, 0.1) is 24.2 Å². The minimum Gasteiger partial charge on any atom is -0.495 e. The van der Waals surface area contributed by atoms with E-state index >= 15 is 0 Å². The summed E-state index contributed by atoms with van der Waals surface area (Å²) in [6, 6.07) is 2.71. The van der Waals surface area contributed by atoms with Crippen LogP contribution in [-0.2, 0) is 24.2 Å². The summed E-state index contributed by atoms with van der Waals surface area (Å²) in [5.74, 6) is -1.84. The Morgan fingerprint density at radius 1 is 1.29 bits per heavy atom. The highest BCUT2D eigenvalue weighted by Crippen LogP contribution is 2.62. The minimum absolute atomic E-state index is 0.0148. The number of esters is 1. The minimum atomic E-state index is -3.58. The summed E-state index contributed by atoms with van der Waals surface area (Å²) in [4.78, 5) is 40.5. The molecule has 7 nitrogen and oxygen atoms in total. The molecule has 0 N–H and O–H groups in total. The van der Waals surface area contributed by atoms with Crippen LogP contribution in [0.1, 0.15) is 36.2 Å². The van der Waals surface area contributed by atoms with Crippen LogP contribution in [0.4, 0.5) is 0 Å². The third-order valence-electron chi connectivity index (χ3n) is 6.18. The van der Waals surface area contributed by atoms with E-state index in [0.29, 0.717) is 16.9 Å². The number of sulfone groups is 1. The van der Waals surface area contributed by atoms with Crippen molar-refractivity contribution in [2.24, 2.45) is 17.3 Å². The maximum Gasteiger partial charge on any atom is 0.320 e. The summed E-state index contributed by atoms with van der Waals surface area (Å²) in [5.41, 5.74) is -0.925. The number of benzene rings is 1. The lowest BCUT2D eigenvalue weighted by atomic mass is 9.72. The zero-order chi connectivity index (χ0) is 23.3. The predicted octanol–water partition coefficient (Wildman–Crippen LogP) is 3.00. The van der Waals surface area contributed by atoms with Gasteiger partial charge in [0.25, 0.3) is 0 Å². The third kappa shape index (κ3) is 3.61. The van der Waals surface area contributed by atoms with E-state index in [9.17, 15) is 22.8 Å². The molecule has 3 rings (SSSR count). The fourth-order valence-electron chi connectivity index (χ4n) is 4.43. The van der Waals surface area contributed by atoms with Crippen molar-refractivity contribution in [2.75, 3.05) is 26.2 Å². The van der Waals surface area contributed by atoms with Gasteiger partial charge in [0, 0.05) is 22.3 Å². The van der Waals surface area contributed by atoms with E-state index in [4.69, 9.17) is 9.47 Å². The maximum atomic E-state index is 13.6. The van der Waals surface area contributed by atoms with Crippen molar-refractivity contribution in [1.29, 1.82) is 0 Å². The number of Topliss-reactive ketones (excluding diaryl/α,β-unsaturated/α-hetero) is 2. The molecule has 2 aliphatic carbocycles. The molecule has 0 aromatic heterocycles. The molecule has 1 fully saturated rings. The van der Waals surface area contributed by atoms with Gasteiger partial charge < -0.3 is 9.47 Å². The Balaban J connectivity index is 2.16. The second kappa shape index (κ2) is 8.09. The Hall–Kier alpha value is -2.13. The number of hydrogen-bond donors (Lipinski definition) is 0. The number of allylic oxidation sites excluding steroid dienone is 2. The fourth-order valence-corrected chi connectivity index (χ4v) is 6.28. The molecule has 0 amide bonds. The average Bonchev–Trinajstić information content (AvgIpc) is 3.50. The van der Waals surface area contributed by atoms with E-state index in [0.717, 1.165) is 6.26 Å². The number of rotatable bonds is 7. The molecule has 0 heterocycles. The Labute approximate surface area is 186 Å². The van der Waals surface area contributed by atoms with Crippen LogP contribution in [0.3, 0.4) is 0 Å². The molecule has 0 radical (unpaired) electrons. The van der Waals surface area contributed by atoms with E-state index in [-0.39, 0.29) is 40.2 Å². The SMILES string of the molecule is CCOC(=O)C1(C)C(=O)C(C(=O)c2ccc(S(C)(=O)=O)c(OC)c2C)=C(SC)C2CC21. The number of fused-ring (bicyclic) bond motifs is 1. The van der Waals surface area contributed by atoms with Crippen molar-refractivity contribution in [3.63, 3.8) is 0 Å². The summed E-state index contributed by atoms with van der Waals surface area (Å²) in [7, 11) is -2.25. The number of ketones is 2. The first kappa shape index (κ1) is 23.5. The standard InChI is InChI=1S/C22H26O7S2/c1-7-29-21(25)22(3)14-10-13(14)19(30-5)16(20(22)24)17(23)12-8-9-15(31(6,26)27)18(28-4)11(12)2/h8-9,13-14H,7,10H2,1-6H3. The first-order valence-electron chi connectivity index (χ1n) is 9.87. The van der Waals surface area contributed by atoms with Crippen LogP contribution in [0.2, 0.25) is 0 Å². The molecule has 0 saturated heterocycles. The number of carbonyl (C=O) groups is 3. The lowest BCUT2D eigenvalue weighted by Crippen LogP contribution is -2.45. The third-order valence-corrected chi connectivity index (χ3v) is 8.25.